The summed E-state index contributed by atoms with van der Waals surface area (Å²) in [5.41, 5.74) is 1.64. The number of fused-ring (bicyclic) bond motifs is 3. The molecule has 3 aromatic heterocycles. The van der Waals surface area contributed by atoms with E-state index >= 15 is 0 Å². The van der Waals surface area contributed by atoms with Crippen LogP contribution in [0.2, 0.25) is 5.02 Å². The molecule has 0 amide bonds. The normalized spacial score (nSPS) is 15.6. The highest BCUT2D eigenvalue weighted by atomic mass is 35.5. The van der Waals surface area contributed by atoms with E-state index < -0.39 is 5.92 Å². The summed E-state index contributed by atoms with van der Waals surface area (Å²) in [7, 11) is 0. The quantitative estimate of drug-likeness (QED) is 0.459. The summed E-state index contributed by atoms with van der Waals surface area (Å²) in [5, 5.41) is 5.09. The highest BCUT2D eigenvalue weighted by Gasteiger charge is 2.37. The van der Waals surface area contributed by atoms with Crippen LogP contribution in [0.1, 0.15) is 36.9 Å². The van der Waals surface area contributed by atoms with E-state index in [9.17, 15) is 4.79 Å². The van der Waals surface area contributed by atoms with Gasteiger partial charge >= 0.3 is 0 Å². The number of Topliss-reactive ketones (excluding diaryl/α,β-unsaturated/α-hetero) is 1. The summed E-state index contributed by atoms with van der Waals surface area (Å²) in [6.45, 7) is 3.40. The van der Waals surface area contributed by atoms with E-state index in [2.05, 4.69) is 15.1 Å². The molecule has 0 fully saturated rings. The van der Waals surface area contributed by atoms with E-state index in [1.807, 2.05) is 6.07 Å². The number of furan rings is 1. The van der Waals surface area contributed by atoms with Crippen LogP contribution >= 0.6 is 11.6 Å². The van der Waals surface area contributed by atoms with Crippen LogP contribution in [0, 0.1) is 0 Å². The number of ether oxygens (including phenoxy) is 2. The van der Waals surface area contributed by atoms with Crippen molar-refractivity contribution in [2.24, 2.45) is 0 Å². The Bertz CT molecular complexity index is 1310. The molecule has 5 rings (SSSR count). The summed E-state index contributed by atoms with van der Waals surface area (Å²) in [6, 6.07) is 10.6. The molecule has 1 aliphatic heterocycles. The molecule has 1 aliphatic rings. The Morgan fingerprint density at radius 3 is 2.77 bits per heavy atom. The molecular formula is C22H17ClN4O4. The van der Waals surface area contributed by atoms with Gasteiger partial charge in [0, 0.05) is 10.6 Å². The molecule has 1 aromatic carbocycles. The predicted octanol–water partition coefficient (Wildman–Crippen LogP) is 4.34. The number of aromatic nitrogens is 4. The molecule has 156 valence electrons. The minimum absolute atomic E-state index is 0.114. The van der Waals surface area contributed by atoms with Gasteiger partial charge in [0.15, 0.2) is 17.3 Å². The number of hydrogen-bond acceptors (Lipinski definition) is 7. The first kappa shape index (κ1) is 19.3. The molecule has 0 radical (unpaired) electrons. The van der Waals surface area contributed by atoms with Crippen LogP contribution < -0.4 is 9.47 Å². The third-order valence-electron chi connectivity index (χ3n) is 5.03. The van der Waals surface area contributed by atoms with Crippen molar-refractivity contribution in [1.29, 1.82) is 0 Å². The molecule has 9 heteroatoms. The topological polar surface area (TPSA) is 91.8 Å². The van der Waals surface area contributed by atoms with Crippen LogP contribution in [-0.2, 0) is 11.4 Å². The average molecular weight is 437 g/mol. The highest BCUT2D eigenvalue weighted by Crippen LogP contribution is 2.44. The van der Waals surface area contributed by atoms with Gasteiger partial charge in [0.1, 0.15) is 30.2 Å². The Labute approximate surface area is 182 Å². The number of hydrogen-bond donors (Lipinski definition) is 0. The van der Waals surface area contributed by atoms with Crippen LogP contribution in [-0.4, -0.2) is 25.4 Å². The van der Waals surface area contributed by atoms with Crippen molar-refractivity contribution < 1.29 is 18.7 Å². The van der Waals surface area contributed by atoms with Gasteiger partial charge in [-0.3, -0.25) is 4.79 Å². The molecule has 8 nitrogen and oxygen atoms in total. The van der Waals surface area contributed by atoms with Crippen LogP contribution in [0.25, 0.3) is 5.65 Å². The van der Waals surface area contributed by atoms with Crippen molar-refractivity contribution in [3.05, 3.63) is 82.5 Å². The molecule has 4 aromatic rings. The zero-order valence-corrected chi connectivity index (χ0v) is 17.5. The maximum atomic E-state index is 12.5. The maximum absolute atomic E-state index is 12.5. The Morgan fingerprint density at radius 1 is 1.26 bits per heavy atom. The van der Waals surface area contributed by atoms with E-state index in [-0.39, 0.29) is 12.4 Å². The largest absolute Gasteiger partial charge is 0.486 e. The Hall–Kier alpha value is -3.65. The van der Waals surface area contributed by atoms with E-state index in [0.29, 0.717) is 50.8 Å². The van der Waals surface area contributed by atoms with Crippen molar-refractivity contribution >= 4 is 23.0 Å². The van der Waals surface area contributed by atoms with Crippen LogP contribution in [0.5, 0.6) is 11.6 Å². The second-order valence-corrected chi connectivity index (χ2v) is 7.52. The number of benzene rings is 1. The van der Waals surface area contributed by atoms with E-state index in [0.717, 1.165) is 0 Å². The molecule has 0 saturated heterocycles. The molecule has 0 aliphatic carbocycles. The molecule has 4 heterocycles. The number of carbonyl (C=O) groups excluding carboxylic acids is 1. The molecule has 0 N–H and O–H groups in total. The Morgan fingerprint density at radius 2 is 2.06 bits per heavy atom. The molecule has 0 saturated carbocycles. The van der Waals surface area contributed by atoms with Gasteiger partial charge in [0.05, 0.1) is 17.7 Å². The number of carbonyl (C=O) groups is 1. The first-order chi connectivity index (χ1) is 15.0. The summed E-state index contributed by atoms with van der Waals surface area (Å²) in [6.07, 6.45) is 3.10. The van der Waals surface area contributed by atoms with Gasteiger partial charge in [-0.2, -0.15) is 0 Å². The number of ketones is 1. The van der Waals surface area contributed by atoms with Crippen molar-refractivity contribution in [3.8, 4) is 11.6 Å². The summed E-state index contributed by atoms with van der Waals surface area (Å²) >= 11 is 5.91. The third kappa shape index (κ3) is 3.44. The van der Waals surface area contributed by atoms with Crippen molar-refractivity contribution in [1.82, 2.24) is 19.6 Å². The number of allylic oxidation sites excluding steroid dienone is 2. The number of rotatable bonds is 5. The van der Waals surface area contributed by atoms with Crippen molar-refractivity contribution in [2.75, 3.05) is 0 Å². The number of halogens is 1. The van der Waals surface area contributed by atoms with Crippen LogP contribution in [0.15, 0.2) is 64.7 Å². The monoisotopic (exact) mass is 436 g/mol. The highest BCUT2D eigenvalue weighted by molar-refractivity contribution is 6.30. The van der Waals surface area contributed by atoms with Crippen molar-refractivity contribution in [3.63, 3.8) is 0 Å². The molecule has 0 bridgehead atoms. The summed E-state index contributed by atoms with van der Waals surface area (Å²) < 4.78 is 18.9. The lowest BCUT2D eigenvalue weighted by Gasteiger charge is -2.26. The predicted molar refractivity (Wildman–Crippen MR) is 111 cm³/mol. The smallest absolute Gasteiger partial charge is 0.228 e. The van der Waals surface area contributed by atoms with Gasteiger partial charge in [-0.05, 0) is 50.2 Å². The fourth-order valence-corrected chi connectivity index (χ4v) is 3.84. The summed E-state index contributed by atoms with van der Waals surface area (Å²) in [5.74, 6) is 1.96. The molecular weight excluding hydrogens is 420 g/mol. The second kappa shape index (κ2) is 7.55. The van der Waals surface area contributed by atoms with Gasteiger partial charge < -0.3 is 13.9 Å². The standard InChI is InChI=1S/C22H17ClN4O4/c1-12(28)18-13(2)31-22-20(19(18)16-4-3-9-29-16)21-25-17(26-27(21)11-24-22)10-30-15-7-5-14(23)6-8-15/h3-9,11,19H,10H2,1-2H3. The molecule has 1 unspecified atom stereocenters. The lowest BCUT2D eigenvalue weighted by molar-refractivity contribution is -0.114. The Kier molecular flexibility index (Phi) is 4.71. The zero-order chi connectivity index (χ0) is 21.5. The third-order valence-corrected chi connectivity index (χ3v) is 5.28. The van der Waals surface area contributed by atoms with E-state index in [4.69, 9.17) is 25.5 Å². The first-order valence-electron chi connectivity index (χ1n) is 9.56. The molecule has 0 spiro atoms. The first-order valence-corrected chi connectivity index (χ1v) is 9.94. The van der Waals surface area contributed by atoms with E-state index in [1.54, 1.807) is 48.0 Å². The molecule has 31 heavy (non-hydrogen) atoms. The Balaban J connectivity index is 1.57. The van der Waals surface area contributed by atoms with Gasteiger partial charge in [-0.25, -0.2) is 14.5 Å². The van der Waals surface area contributed by atoms with Gasteiger partial charge in [-0.1, -0.05) is 11.6 Å². The molecule has 1 atom stereocenters. The van der Waals surface area contributed by atoms with E-state index in [1.165, 1.54) is 13.3 Å². The van der Waals surface area contributed by atoms with Crippen LogP contribution in [0.4, 0.5) is 0 Å². The second-order valence-electron chi connectivity index (χ2n) is 7.08. The van der Waals surface area contributed by atoms with Crippen molar-refractivity contribution in [2.45, 2.75) is 26.4 Å². The fraction of sp³-hybridized carbons (Fsp3) is 0.182. The lowest BCUT2D eigenvalue weighted by atomic mass is 9.85. The summed E-state index contributed by atoms with van der Waals surface area (Å²) in [4.78, 5) is 21.5. The van der Waals surface area contributed by atoms with Gasteiger partial charge in [0.2, 0.25) is 5.88 Å². The zero-order valence-electron chi connectivity index (χ0n) is 16.7. The van der Waals surface area contributed by atoms with Gasteiger partial charge in [0.25, 0.3) is 0 Å². The lowest BCUT2D eigenvalue weighted by Crippen LogP contribution is -2.21. The number of nitrogens with zero attached hydrogens (tertiary/aromatic N) is 4. The minimum atomic E-state index is -0.498. The SMILES string of the molecule is CC(=O)C1=C(C)Oc2ncn3nc(COc4ccc(Cl)cc4)nc3c2C1c1ccco1. The average Bonchev–Trinajstić information content (AvgIpc) is 3.41. The minimum Gasteiger partial charge on any atom is -0.486 e. The van der Waals surface area contributed by atoms with Gasteiger partial charge in [-0.15, -0.1) is 5.10 Å². The maximum Gasteiger partial charge on any atom is 0.228 e. The van der Waals surface area contributed by atoms with Crippen LogP contribution in [0.3, 0.4) is 0 Å². The fourth-order valence-electron chi connectivity index (χ4n) is 3.72.